The Kier molecular flexibility index (Phi) is 7.59. The first-order valence-electron chi connectivity index (χ1n) is 3.93. The van der Waals surface area contributed by atoms with Crippen molar-refractivity contribution in [3.63, 3.8) is 0 Å². The van der Waals surface area contributed by atoms with Crippen molar-refractivity contribution < 1.29 is 0 Å². The van der Waals surface area contributed by atoms with Gasteiger partial charge in [-0.15, -0.1) is 12.3 Å². The summed E-state index contributed by atoms with van der Waals surface area (Å²) in [5, 5.41) is 0. The highest BCUT2D eigenvalue weighted by Gasteiger charge is 2.03. The molecule has 0 aliphatic carbocycles. The van der Waals surface area contributed by atoms with Gasteiger partial charge in [0.05, 0.1) is 8.07 Å². The molecule has 0 heterocycles. The van der Waals surface area contributed by atoms with Crippen LogP contribution in [-0.4, -0.2) is 16.9 Å². The SMILES string of the molecule is C=C[Si](C)(C)C.C[SiH](C)C. The molecule has 0 radical (unpaired) electrons. The third kappa shape index (κ3) is 41.8. The molecule has 0 bridgehead atoms. The van der Waals surface area contributed by atoms with Crippen molar-refractivity contribution in [1.82, 2.24) is 0 Å². The predicted molar refractivity (Wildman–Crippen MR) is 58.3 cm³/mol. The minimum absolute atomic E-state index is 0.139. The van der Waals surface area contributed by atoms with Crippen LogP contribution in [0.4, 0.5) is 0 Å². The van der Waals surface area contributed by atoms with Gasteiger partial charge in [-0.25, -0.2) is 0 Å². The van der Waals surface area contributed by atoms with Crippen LogP contribution < -0.4 is 0 Å². The fourth-order valence-electron chi connectivity index (χ4n) is 0. The molecule has 0 rings (SSSR count). The zero-order chi connectivity index (χ0) is 8.78. The van der Waals surface area contributed by atoms with E-state index in [0.29, 0.717) is 0 Å². The normalized spacial score (nSPS) is 10.3. The smallest absolute Gasteiger partial charge is 0.0679 e. The summed E-state index contributed by atoms with van der Waals surface area (Å²) in [6, 6.07) is 0. The summed E-state index contributed by atoms with van der Waals surface area (Å²) in [5.74, 6) is 0. The number of hydrogen-bond donors (Lipinski definition) is 0. The van der Waals surface area contributed by atoms with Crippen molar-refractivity contribution in [3.05, 3.63) is 12.3 Å². The second-order valence-electron chi connectivity index (χ2n) is 4.30. The van der Waals surface area contributed by atoms with Crippen LogP contribution in [0.1, 0.15) is 0 Å². The molecule has 0 aliphatic rings. The van der Waals surface area contributed by atoms with Crippen LogP contribution in [0.3, 0.4) is 0 Å². The molecule has 62 valence electrons. The van der Waals surface area contributed by atoms with E-state index in [1.165, 1.54) is 0 Å². The molecule has 0 spiro atoms. The molecule has 0 aromatic heterocycles. The minimum atomic E-state index is -0.867. The van der Waals surface area contributed by atoms with Crippen molar-refractivity contribution in [2.45, 2.75) is 39.3 Å². The van der Waals surface area contributed by atoms with Crippen molar-refractivity contribution in [2.75, 3.05) is 0 Å². The first-order chi connectivity index (χ1) is 4.29. The summed E-state index contributed by atoms with van der Waals surface area (Å²) in [6.45, 7) is 17.4. The van der Waals surface area contributed by atoms with Gasteiger partial charge in [-0.3, -0.25) is 0 Å². The molecule has 0 aromatic carbocycles. The Hall–Kier alpha value is 0.174. The molecule has 0 saturated carbocycles. The van der Waals surface area contributed by atoms with Crippen LogP contribution in [0, 0.1) is 0 Å². The summed E-state index contributed by atoms with van der Waals surface area (Å²) in [5.41, 5.74) is 2.08. The lowest BCUT2D eigenvalue weighted by molar-refractivity contribution is 1.78. The summed E-state index contributed by atoms with van der Waals surface area (Å²) >= 11 is 0. The van der Waals surface area contributed by atoms with Crippen LogP contribution in [0.25, 0.3) is 0 Å². The molecule has 10 heavy (non-hydrogen) atoms. The quantitative estimate of drug-likeness (QED) is 0.536. The van der Waals surface area contributed by atoms with Crippen LogP contribution >= 0.6 is 0 Å². The van der Waals surface area contributed by atoms with Gasteiger partial charge in [0.1, 0.15) is 0 Å². The van der Waals surface area contributed by atoms with Crippen LogP contribution in [0.5, 0.6) is 0 Å². The van der Waals surface area contributed by atoms with Gasteiger partial charge in [-0.05, 0) is 0 Å². The fraction of sp³-hybridized carbons (Fsp3) is 0.750. The van der Waals surface area contributed by atoms with Crippen molar-refractivity contribution in [1.29, 1.82) is 0 Å². The third-order valence-electron chi connectivity index (χ3n) is 0.612. The molecule has 0 atom stereocenters. The topological polar surface area (TPSA) is 0 Å². The Labute approximate surface area is 69.0 Å². The molecule has 0 amide bonds. The Morgan fingerprint density at radius 1 is 1.10 bits per heavy atom. The van der Waals surface area contributed by atoms with Crippen molar-refractivity contribution in [2.24, 2.45) is 0 Å². The maximum atomic E-state index is 3.69. The van der Waals surface area contributed by atoms with Gasteiger partial charge in [0.25, 0.3) is 0 Å². The largest absolute Gasteiger partial charge is 0.107 e. The van der Waals surface area contributed by atoms with Gasteiger partial charge in [0.15, 0.2) is 0 Å². The van der Waals surface area contributed by atoms with Crippen LogP contribution in [-0.2, 0) is 0 Å². The van der Waals surface area contributed by atoms with E-state index in [1.54, 1.807) is 0 Å². The zero-order valence-electron chi connectivity index (χ0n) is 8.36. The maximum Gasteiger partial charge on any atom is 0.0679 e. The zero-order valence-corrected chi connectivity index (χ0v) is 10.5. The summed E-state index contributed by atoms with van der Waals surface area (Å²) < 4.78 is 0. The van der Waals surface area contributed by atoms with Gasteiger partial charge in [0.2, 0.25) is 0 Å². The molecule has 0 aliphatic heterocycles. The molecule has 0 saturated heterocycles. The first-order valence-corrected chi connectivity index (χ1v) is 11.0. The Morgan fingerprint density at radius 3 is 1.20 bits per heavy atom. The van der Waals surface area contributed by atoms with E-state index in [4.69, 9.17) is 0 Å². The van der Waals surface area contributed by atoms with E-state index in [0.717, 1.165) is 0 Å². The second kappa shape index (κ2) is 5.92. The highest BCUT2D eigenvalue weighted by molar-refractivity contribution is 6.80. The number of rotatable bonds is 1. The highest BCUT2D eigenvalue weighted by atomic mass is 28.3. The standard InChI is InChI=1S/C5H12Si.C3H10Si/c1-5-6(2,3)4;1-4(2)3/h5H,1H2,2-4H3;4H,1-3H3. The second-order valence-corrected chi connectivity index (χ2v) is 12.9. The average Bonchev–Trinajstić information content (AvgIpc) is 1.63. The van der Waals surface area contributed by atoms with E-state index in [2.05, 4.69) is 51.6 Å². The first kappa shape index (κ1) is 12.8. The molecule has 0 unspecified atom stereocenters. The highest BCUT2D eigenvalue weighted by Crippen LogP contribution is 1.98. The monoisotopic (exact) mass is 174 g/mol. The van der Waals surface area contributed by atoms with E-state index >= 15 is 0 Å². The molecular formula is C8H22Si2. The van der Waals surface area contributed by atoms with Crippen LogP contribution in [0.2, 0.25) is 39.3 Å². The molecular weight excluding hydrogens is 152 g/mol. The van der Waals surface area contributed by atoms with Crippen LogP contribution in [0.15, 0.2) is 12.3 Å². The van der Waals surface area contributed by atoms with E-state index in [9.17, 15) is 0 Å². The van der Waals surface area contributed by atoms with E-state index in [-0.39, 0.29) is 8.80 Å². The molecule has 0 fully saturated rings. The lowest BCUT2D eigenvalue weighted by atomic mass is 11.3. The maximum absolute atomic E-state index is 3.69. The van der Waals surface area contributed by atoms with Gasteiger partial charge >= 0.3 is 0 Å². The summed E-state index contributed by atoms with van der Waals surface area (Å²) in [7, 11) is -1.01. The van der Waals surface area contributed by atoms with Gasteiger partial charge in [-0.2, -0.15) is 0 Å². The summed E-state index contributed by atoms with van der Waals surface area (Å²) in [6.07, 6.45) is 0. The molecule has 0 aromatic rings. The molecule has 2 heteroatoms. The van der Waals surface area contributed by atoms with E-state index < -0.39 is 8.07 Å². The Bertz CT molecular complexity index is 77.0. The minimum Gasteiger partial charge on any atom is -0.107 e. The third-order valence-corrected chi connectivity index (χ3v) is 1.84. The number of hydrogen-bond acceptors (Lipinski definition) is 0. The van der Waals surface area contributed by atoms with Gasteiger partial charge in [-0.1, -0.05) is 39.3 Å². The molecule has 0 nitrogen and oxygen atoms in total. The Morgan fingerprint density at radius 2 is 1.20 bits per heavy atom. The average molecular weight is 174 g/mol. The lowest BCUT2D eigenvalue weighted by Crippen LogP contribution is -2.14. The predicted octanol–water partition coefficient (Wildman–Crippen LogP) is 3.15. The molecule has 0 N–H and O–H groups in total. The summed E-state index contributed by atoms with van der Waals surface area (Å²) in [4.78, 5) is 0. The lowest BCUT2D eigenvalue weighted by Gasteiger charge is -2.04. The van der Waals surface area contributed by atoms with Crippen molar-refractivity contribution >= 4 is 16.9 Å². The van der Waals surface area contributed by atoms with E-state index in [1.807, 2.05) is 0 Å². The Balaban J connectivity index is 0. The van der Waals surface area contributed by atoms with Gasteiger partial charge < -0.3 is 0 Å². The van der Waals surface area contributed by atoms with Gasteiger partial charge in [0, 0.05) is 8.80 Å². The fourth-order valence-corrected chi connectivity index (χ4v) is 0. The van der Waals surface area contributed by atoms with Crippen molar-refractivity contribution in [3.8, 4) is 0 Å².